The fraction of sp³-hybridized carbons (Fsp3) is 0.706. The van der Waals surface area contributed by atoms with Crippen molar-refractivity contribution in [2.75, 3.05) is 19.6 Å². The molecule has 0 bridgehead atoms. The van der Waals surface area contributed by atoms with E-state index in [0.29, 0.717) is 12.6 Å². The zero-order valence-corrected chi connectivity index (χ0v) is 17.0. The maximum Gasteiger partial charge on any atom is 0.194 e. The zero-order chi connectivity index (χ0) is 16.0. The Balaban J connectivity index is 0.00000264. The summed E-state index contributed by atoms with van der Waals surface area (Å²) in [5, 5.41) is 3.38. The molecular weight excluding hydrogens is 405 g/mol. The highest BCUT2D eigenvalue weighted by Crippen LogP contribution is 2.20. The Morgan fingerprint density at radius 2 is 2.09 bits per heavy atom. The number of hydrogen-bond donors (Lipinski definition) is 1. The highest BCUT2D eigenvalue weighted by atomic mass is 127. The molecule has 0 atom stereocenters. The largest absolute Gasteiger partial charge is 0.472 e. The van der Waals surface area contributed by atoms with Crippen LogP contribution in [0.2, 0.25) is 0 Å². The second kappa shape index (κ2) is 9.52. The number of rotatable bonds is 4. The van der Waals surface area contributed by atoms with Crippen molar-refractivity contribution in [1.82, 2.24) is 10.2 Å². The average Bonchev–Trinajstić information content (AvgIpc) is 2.96. The number of guanidine groups is 1. The highest BCUT2D eigenvalue weighted by Gasteiger charge is 2.25. The first-order chi connectivity index (χ1) is 10.5. The van der Waals surface area contributed by atoms with Crippen molar-refractivity contribution in [3.8, 4) is 0 Å². The van der Waals surface area contributed by atoms with Gasteiger partial charge in [0.15, 0.2) is 5.96 Å². The van der Waals surface area contributed by atoms with Crippen molar-refractivity contribution in [1.29, 1.82) is 0 Å². The van der Waals surface area contributed by atoms with Crippen LogP contribution in [0.4, 0.5) is 0 Å². The van der Waals surface area contributed by atoms with E-state index in [-0.39, 0.29) is 29.6 Å². The number of aliphatic imine (C=N–C) groups is 1. The molecule has 1 N–H and O–H groups in total. The summed E-state index contributed by atoms with van der Waals surface area (Å²) in [5.74, 6) is 0.984. The summed E-state index contributed by atoms with van der Waals surface area (Å²) in [6.07, 6.45) is 5.89. The molecule has 1 fully saturated rings. The van der Waals surface area contributed by atoms with Crippen LogP contribution in [-0.2, 0) is 11.3 Å². The fourth-order valence-electron chi connectivity index (χ4n) is 2.66. The molecule has 0 radical (unpaired) electrons. The lowest BCUT2D eigenvalue weighted by molar-refractivity contribution is -0.0772. The number of likely N-dealkylation sites (tertiary alicyclic amines) is 1. The van der Waals surface area contributed by atoms with Gasteiger partial charge in [-0.3, -0.25) is 0 Å². The van der Waals surface area contributed by atoms with Crippen molar-refractivity contribution in [2.45, 2.75) is 58.8 Å². The van der Waals surface area contributed by atoms with E-state index in [1.165, 1.54) is 0 Å². The van der Waals surface area contributed by atoms with Crippen LogP contribution in [0, 0.1) is 0 Å². The molecule has 0 unspecified atom stereocenters. The number of halogens is 1. The minimum atomic E-state index is -0.0628. The maximum absolute atomic E-state index is 6.09. The summed E-state index contributed by atoms with van der Waals surface area (Å²) in [4.78, 5) is 7.04. The van der Waals surface area contributed by atoms with E-state index >= 15 is 0 Å². The molecule has 23 heavy (non-hydrogen) atoms. The Kier molecular flexibility index (Phi) is 8.39. The van der Waals surface area contributed by atoms with Crippen LogP contribution in [0.25, 0.3) is 0 Å². The molecular formula is C17H30IN3O2. The van der Waals surface area contributed by atoms with Gasteiger partial charge in [-0.25, -0.2) is 4.99 Å². The number of hydrogen-bond acceptors (Lipinski definition) is 3. The third kappa shape index (κ3) is 7.12. The summed E-state index contributed by atoms with van der Waals surface area (Å²) in [7, 11) is 0. The minimum Gasteiger partial charge on any atom is -0.472 e. The lowest BCUT2D eigenvalue weighted by Crippen LogP contribution is -2.47. The molecule has 1 saturated heterocycles. The van der Waals surface area contributed by atoms with E-state index in [4.69, 9.17) is 14.1 Å². The van der Waals surface area contributed by atoms with Gasteiger partial charge in [0, 0.05) is 25.2 Å². The maximum atomic E-state index is 6.09. The SMILES string of the molecule is CCNC(=NCc1ccoc1)N1CCC(OC(C)(C)C)CC1.I. The molecule has 5 nitrogen and oxygen atoms in total. The molecule has 0 spiro atoms. The van der Waals surface area contributed by atoms with Crippen molar-refractivity contribution in [3.63, 3.8) is 0 Å². The van der Waals surface area contributed by atoms with Gasteiger partial charge in [0.2, 0.25) is 0 Å². The number of piperidine rings is 1. The second-order valence-corrected chi connectivity index (χ2v) is 6.72. The molecule has 132 valence electrons. The number of nitrogens with one attached hydrogen (secondary N) is 1. The quantitative estimate of drug-likeness (QED) is 0.446. The van der Waals surface area contributed by atoms with Crippen molar-refractivity contribution >= 4 is 29.9 Å². The number of furan rings is 1. The molecule has 1 aromatic heterocycles. The Morgan fingerprint density at radius 3 is 2.61 bits per heavy atom. The standard InChI is InChI=1S/C17H29N3O2.HI/c1-5-18-16(19-12-14-8-11-21-13-14)20-9-6-15(7-10-20)22-17(2,3)4;/h8,11,13,15H,5-7,9-10,12H2,1-4H3,(H,18,19);1H. The van der Waals surface area contributed by atoms with Crippen LogP contribution in [0.15, 0.2) is 28.0 Å². The van der Waals surface area contributed by atoms with Gasteiger partial charge in [0.25, 0.3) is 0 Å². The molecule has 1 aromatic rings. The third-order valence-electron chi connectivity index (χ3n) is 3.59. The van der Waals surface area contributed by atoms with Gasteiger partial charge in [-0.15, -0.1) is 24.0 Å². The normalized spacial score (nSPS) is 17.0. The Bertz CT molecular complexity index is 461. The monoisotopic (exact) mass is 435 g/mol. The van der Waals surface area contributed by atoms with E-state index < -0.39 is 0 Å². The second-order valence-electron chi connectivity index (χ2n) is 6.72. The lowest BCUT2D eigenvalue weighted by atomic mass is 10.1. The Labute approximate surface area is 156 Å². The van der Waals surface area contributed by atoms with Crippen LogP contribution >= 0.6 is 24.0 Å². The smallest absolute Gasteiger partial charge is 0.194 e. The zero-order valence-electron chi connectivity index (χ0n) is 14.7. The molecule has 0 saturated carbocycles. The molecule has 2 heterocycles. The van der Waals surface area contributed by atoms with Gasteiger partial charge >= 0.3 is 0 Å². The first-order valence-corrected chi connectivity index (χ1v) is 8.20. The van der Waals surface area contributed by atoms with E-state index in [0.717, 1.165) is 44.0 Å². The van der Waals surface area contributed by atoms with Crippen molar-refractivity contribution < 1.29 is 9.15 Å². The molecule has 1 aliphatic rings. The average molecular weight is 435 g/mol. The van der Waals surface area contributed by atoms with Crippen LogP contribution in [0.1, 0.15) is 46.1 Å². The minimum absolute atomic E-state index is 0. The highest BCUT2D eigenvalue weighted by molar-refractivity contribution is 14.0. The summed E-state index contributed by atoms with van der Waals surface area (Å²) >= 11 is 0. The van der Waals surface area contributed by atoms with Crippen molar-refractivity contribution in [2.24, 2.45) is 4.99 Å². The van der Waals surface area contributed by atoms with Gasteiger partial charge in [-0.1, -0.05) is 0 Å². The van der Waals surface area contributed by atoms with Gasteiger partial charge in [0.05, 0.1) is 30.8 Å². The van der Waals surface area contributed by atoms with Gasteiger partial charge in [-0.05, 0) is 46.6 Å². The van der Waals surface area contributed by atoms with Gasteiger partial charge < -0.3 is 19.4 Å². The summed E-state index contributed by atoms with van der Waals surface area (Å²) in [6.45, 7) is 12.0. The predicted molar refractivity (Wildman–Crippen MR) is 104 cm³/mol. The number of ether oxygens (including phenoxy) is 1. The van der Waals surface area contributed by atoms with Gasteiger partial charge in [0.1, 0.15) is 0 Å². The molecule has 0 aromatic carbocycles. The van der Waals surface area contributed by atoms with Crippen LogP contribution in [-0.4, -0.2) is 42.2 Å². The fourth-order valence-corrected chi connectivity index (χ4v) is 2.66. The lowest BCUT2D eigenvalue weighted by Gasteiger charge is -2.37. The first kappa shape index (κ1) is 20.3. The Morgan fingerprint density at radius 1 is 1.39 bits per heavy atom. The van der Waals surface area contributed by atoms with E-state index in [1.54, 1.807) is 12.5 Å². The third-order valence-corrected chi connectivity index (χ3v) is 3.59. The van der Waals surface area contributed by atoms with Crippen LogP contribution in [0.3, 0.4) is 0 Å². The summed E-state index contributed by atoms with van der Waals surface area (Å²) in [5.41, 5.74) is 1.04. The van der Waals surface area contributed by atoms with E-state index in [2.05, 4.69) is 37.9 Å². The predicted octanol–water partition coefficient (Wildman–Crippen LogP) is 3.64. The molecule has 0 aliphatic carbocycles. The molecule has 1 aliphatic heterocycles. The first-order valence-electron chi connectivity index (χ1n) is 8.20. The molecule has 6 heteroatoms. The van der Waals surface area contributed by atoms with Crippen LogP contribution in [0.5, 0.6) is 0 Å². The molecule has 2 rings (SSSR count). The topological polar surface area (TPSA) is 50.0 Å². The molecule has 0 amide bonds. The summed E-state index contributed by atoms with van der Waals surface area (Å²) < 4.78 is 11.2. The Hall–Kier alpha value is -0.760. The summed E-state index contributed by atoms with van der Waals surface area (Å²) in [6, 6.07) is 1.95. The van der Waals surface area contributed by atoms with E-state index in [9.17, 15) is 0 Å². The van der Waals surface area contributed by atoms with Gasteiger partial charge in [-0.2, -0.15) is 0 Å². The van der Waals surface area contributed by atoms with Crippen LogP contribution < -0.4 is 5.32 Å². The number of nitrogens with zero attached hydrogens (tertiary/aromatic N) is 2. The van der Waals surface area contributed by atoms with Crippen molar-refractivity contribution in [3.05, 3.63) is 24.2 Å². The van der Waals surface area contributed by atoms with E-state index in [1.807, 2.05) is 6.07 Å².